The predicted molar refractivity (Wildman–Crippen MR) is 148 cm³/mol. The highest BCUT2D eigenvalue weighted by molar-refractivity contribution is 5.91. The maximum absolute atomic E-state index is 13.6. The van der Waals surface area contributed by atoms with Gasteiger partial charge in [0.05, 0.1) is 32.8 Å². The fourth-order valence-corrected chi connectivity index (χ4v) is 5.11. The van der Waals surface area contributed by atoms with Crippen LogP contribution in [-0.4, -0.2) is 82.7 Å². The van der Waals surface area contributed by atoms with Crippen molar-refractivity contribution in [2.45, 2.75) is 51.5 Å². The SMILES string of the molecule is C#CCN1CC(=O)N2[C@@H](CCCC)C(=O)N(CCOCc3ccccc3)C[C@@H]2N1C(=O)NCc1ccccc1. The number of amides is 4. The molecular weight excluding hydrogens is 494 g/mol. The van der Waals surface area contributed by atoms with Crippen LogP contribution in [0.25, 0.3) is 0 Å². The molecule has 2 aliphatic heterocycles. The topological polar surface area (TPSA) is 85.4 Å². The van der Waals surface area contributed by atoms with E-state index in [1.807, 2.05) is 60.7 Å². The Kier molecular flexibility index (Phi) is 9.95. The van der Waals surface area contributed by atoms with E-state index in [-0.39, 0.29) is 37.5 Å². The zero-order valence-electron chi connectivity index (χ0n) is 22.5. The first-order chi connectivity index (χ1) is 19.0. The molecule has 2 saturated heterocycles. The maximum atomic E-state index is 13.6. The summed E-state index contributed by atoms with van der Waals surface area (Å²) in [5.74, 6) is 2.27. The van der Waals surface area contributed by atoms with Crippen LogP contribution in [0.4, 0.5) is 4.79 Å². The molecule has 0 unspecified atom stereocenters. The summed E-state index contributed by atoms with van der Waals surface area (Å²) in [5.41, 5.74) is 2.01. The molecule has 0 aromatic heterocycles. The highest BCUT2D eigenvalue weighted by atomic mass is 16.5. The van der Waals surface area contributed by atoms with Crippen LogP contribution in [-0.2, 0) is 27.5 Å². The summed E-state index contributed by atoms with van der Waals surface area (Å²) in [6.07, 6.45) is 7.17. The van der Waals surface area contributed by atoms with Crippen LogP contribution in [0.2, 0.25) is 0 Å². The number of hydrazine groups is 1. The fraction of sp³-hybridized carbons (Fsp3) is 0.433. The van der Waals surface area contributed by atoms with Gasteiger partial charge in [0, 0.05) is 13.1 Å². The number of urea groups is 1. The Balaban J connectivity index is 1.52. The number of piperazine rings is 1. The van der Waals surface area contributed by atoms with Crippen LogP contribution in [0.3, 0.4) is 0 Å². The third-order valence-electron chi connectivity index (χ3n) is 7.05. The number of carbonyl (C=O) groups excluding carboxylic acids is 3. The molecule has 206 valence electrons. The molecule has 4 amide bonds. The van der Waals surface area contributed by atoms with Crippen molar-refractivity contribution in [1.82, 2.24) is 25.1 Å². The standard InChI is InChI=1S/C30H37N5O4/c1-3-5-16-26-29(37)32(18-19-39-23-25-14-10-7-11-15-25)21-27-34(26)28(36)22-33(17-4-2)35(27)30(38)31-20-24-12-8-6-9-13-24/h2,6-15,26-27H,3,5,16-23H2,1H3,(H,31,38)/t26-,27-/m0/s1. The molecule has 0 spiro atoms. The summed E-state index contributed by atoms with van der Waals surface area (Å²) in [4.78, 5) is 43.9. The Labute approximate surface area is 230 Å². The Hall–Kier alpha value is -3.87. The minimum Gasteiger partial charge on any atom is -0.375 e. The number of unbranched alkanes of at least 4 members (excludes halogenated alkanes) is 1. The molecule has 2 aliphatic rings. The second-order valence-electron chi connectivity index (χ2n) is 9.78. The van der Waals surface area contributed by atoms with Gasteiger partial charge in [0.15, 0.2) is 0 Å². The van der Waals surface area contributed by atoms with E-state index >= 15 is 0 Å². The van der Waals surface area contributed by atoms with E-state index in [1.54, 1.807) is 14.8 Å². The lowest BCUT2D eigenvalue weighted by atomic mass is 10.0. The summed E-state index contributed by atoms with van der Waals surface area (Å²) in [6, 6.07) is 18.5. The zero-order chi connectivity index (χ0) is 27.6. The van der Waals surface area contributed by atoms with E-state index in [9.17, 15) is 14.4 Å². The molecule has 9 nitrogen and oxygen atoms in total. The summed E-state index contributed by atoms with van der Waals surface area (Å²) in [5, 5.41) is 6.10. The number of nitrogens with zero attached hydrogens (tertiary/aromatic N) is 4. The number of benzene rings is 2. The molecule has 2 atom stereocenters. The minimum absolute atomic E-state index is 0.0600. The van der Waals surface area contributed by atoms with Gasteiger partial charge in [-0.05, 0) is 17.5 Å². The Bertz CT molecular complexity index is 1150. The van der Waals surface area contributed by atoms with Crippen LogP contribution in [0.5, 0.6) is 0 Å². The quantitative estimate of drug-likeness (QED) is 0.356. The van der Waals surface area contributed by atoms with Crippen molar-refractivity contribution in [2.75, 3.05) is 32.8 Å². The van der Waals surface area contributed by atoms with E-state index in [0.717, 1.165) is 24.0 Å². The van der Waals surface area contributed by atoms with Gasteiger partial charge in [0.25, 0.3) is 0 Å². The number of fused-ring (bicyclic) bond motifs is 1. The first-order valence-corrected chi connectivity index (χ1v) is 13.5. The van der Waals surface area contributed by atoms with E-state index in [0.29, 0.717) is 32.7 Å². The number of ether oxygens (including phenoxy) is 1. The lowest BCUT2D eigenvalue weighted by Gasteiger charge is -2.55. The summed E-state index contributed by atoms with van der Waals surface area (Å²) < 4.78 is 5.86. The first-order valence-electron chi connectivity index (χ1n) is 13.5. The molecule has 0 radical (unpaired) electrons. The summed E-state index contributed by atoms with van der Waals surface area (Å²) in [6.45, 7) is 3.75. The fourth-order valence-electron chi connectivity index (χ4n) is 5.11. The summed E-state index contributed by atoms with van der Waals surface area (Å²) >= 11 is 0. The van der Waals surface area contributed by atoms with E-state index in [2.05, 4.69) is 18.2 Å². The van der Waals surface area contributed by atoms with E-state index in [1.165, 1.54) is 5.01 Å². The van der Waals surface area contributed by atoms with Crippen molar-refractivity contribution < 1.29 is 19.1 Å². The first kappa shape index (κ1) is 28.1. The molecule has 9 heteroatoms. The van der Waals surface area contributed by atoms with Crippen molar-refractivity contribution in [3.8, 4) is 12.3 Å². The lowest BCUT2D eigenvalue weighted by molar-refractivity contribution is -0.189. The third-order valence-corrected chi connectivity index (χ3v) is 7.05. The predicted octanol–water partition coefficient (Wildman–Crippen LogP) is 2.83. The largest absolute Gasteiger partial charge is 0.375 e. The van der Waals surface area contributed by atoms with Crippen molar-refractivity contribution in [2.24, 2.45) is 0 Å². The lowest BCUT2D eigenvalue weighted by Crippen LogP contribution is -2.76. The van der Waals surface area contributed by atoms with Gasteiger partial charge in [-0.15, -0.1) is 6.42 Å². The highest BCUT2D eigenvalue weighted by Gasteiger charge is 2.50. The second-order valence-corrected chi connectivity index (χ2v) is 9.78. The second kappa shape index (κ2) is 13.8. The number of rotatable bonds is 11. The number of hydrogen-bond donors (Lipinski definition) is 1. The molecule has 39 heavy (non-hydrogen) atoms. The van der Waals surface area contributed by atoms with Crippen molar-refractivity contribution >= 4 is 17.8 Å². The van der Waals surface area contributed by atoms with Gasteiger partial charge in [0.2, 0.25) is 11.8 Å². The molecule has 0 aliphatic carbocycles. The number of hydrogen-bond acceptors (Lipinski definition) is 5. The van der Waals surface area contributed by atoms with Crippen molar-refractivity contribution in [1.29, 1.82) is 0 Å². The van der Waals surface area contributed by atoms with Crippen LogP contribution in [0.1, 0.15) is 37.3 Å². The van der Waals surface area contributed by atoms with Crippen LogP contribution in [0.15, 0.2) is 60.7 Å². The molecular formula is C30H37N5O4. The van der Waals surface area contributed by atoms with Crippen LogP contribution in [0, 0.1) is 12.3 Å². The maximum Gasteiger partial charge on any atom is 0.334 e. The van der Waals surface area contributed by atoms with Gasteiger partial charge in [-0.3, -0.25) is 9.59 Å². The third kappa shape index (κ3) is 6.96. The zero-order valence-corrected chi connectivity index (χ0v) is 22.5. The molecule has 2 heterocycles. The van der Waals surface area contributed by atoms with Gasteiger partial charge in [0.1, 0.15) is 12.2 Å². The Morgan fingerprint density at radius 1 is 1.08 bits per heavy atom. The monoisotopic (exact) mass is 531 g/mol. The molecule has 2 aromatic carbocycles. The molecule has 1 N–H and O–H groups in total. The normalized spacial score (nSPS) is 19.5. The van der Waals surface area contributed by atoms with Crippen molar-refractivity contribution in [3.63, 3.8) is 0 Å². The number of terminal acetylenes is 1. The average molecular weight is 532 g/mol. The smallest absolute Gasteiger partial charge is 0.334 e. The number of nitrogens with one attached hydrogen (secondary N) is 1. The van der Waals surface area contributed by atoms with Gasteiger partial charge in [-0.2, -0.15) is 5.01 Å². The molecule has 2 aromatic rings. The molecule has 0 bridgehead atoms. The van der Waals surface area contributed by atoms with Crippen LogP contribution < -0.4 is 5.32 Å². The van der Waals surface area contributed by atoms with E-state index in [4.69, 9.17) is 11.2 Å². The average Bonchev–Trinajstić information content (AvgIpc) is 2.95. The highest BCUT2D eigenvalue weighted by Crippen LogP contribution is 2.28. The Morgan fingerprint density at radius 3 is 2.44 bits per heavy atom. The Morgan fingerprint density at radius 2 is 1.77 bits per heavy atom. The van der Waals surface area contributed by atoms with Gasteiger partial charge < -0.3 is 19.9 Å². The molecule has 4 rings (SSSR count). The van der Waals surface area contributed by atoms with Crippen LogP contribution >= 0.6 is 0 Å². The summed E-state index contributed by atoms with van der Waals surface area (Å²) in [7, 11) is 0. The van der Waals surface area contributed by atoms with Gasteiger partial charge in [-0.1, -0.05) is 86.3 Å². The van der Waals surface area contributed by atoms with Gasteiger partial charge in [-0.25, -0.2) is 9.80 Å². The minimum atomic E-state index is -0.663. The number of carbonyl (C=O) groups is 3. The van der Waals surface area contributed by atoms with Crippen molar-refractivity contribution in [3.05, 3.63) is 71.8 Å². The van der Waals surface area contributed by atoms with E-state index < -0.39 is 12.2 Å². The van der Waals surface area contributed by atoms with Gasteiger partial charge >= 0.3 is 6.03 Å². The molecule has 2 fully saturated rings. The molecule has 0 saturated carbocycles.